The van der Waals surface area contributed by atoms with Gasteiger partial charge in [-0.1, -0.05) is 0 Å². The summed E-state index contributed by atoms with van der Waals surface area (Å²) in [5.74, 6) is -0.859. The maximum absolute atomic E-state index is 14.7. The van der Waals surface area contributed by atoms with Crippen LogP contribution in [-0.2, 0) is 4.74 Å². The number of aromatic nitrogens is 5. The van der Waals surface area contributed by atoms with Gasteiger partial charge in [0, 0.05) is 41.0 Å². The second kappa shape index (κ2) is 7.84. The number of nitrogens with zero attached hydrogens (tertiary/aromatic N) is 6. The molecule has 1 aromatic carbocycles. The van der Waals surface area contributed by atoms with Gasteiger partial charge in [-0.3, -0.25) is 4.68 Å². The molecule has 0 spiro atoms. The van der Waals surface area contributed by atoms with Crippen molar-refractivity contribution in [2.75, 3.05) is 24.6 Å². The summed E-state index contributed by atoms with van der Waals surface area (Å²) in [6.07, 6.45) is 6.08. The SMILES string of the molecule is Cc1ccc2c(-c3ccc(F)cc3F)nc(N3CCO[C@@H](c4cnn(C5CC5)c4)C3)nc2n1. The van der Waals surface area contributed by atoms with Gasteiger partial charge < -0.3 is 9.64 Å². The third kappa shape index (κ3) is 3.82. The first kappa shape index (κ1) is 20.2. The van der Waals surface area contributed by atoms with Gasteiger partial charge in [0.2, 0.25) is 5.95 Å². The number of pyridine rings is 1. The molecule has 6 rings (SSSR count). The molecule has 7 nitrogen and oxygen atoms in total. The summed E-state index contributed by atoms with van der Waals surface area (Å²) in [4.78, 5) is 16.0. The summed E-state index contributed by atoms with van der Waals surface area (Å²) in [6.45, 7) is 3.51. The van der Waals surface area contributed by atoms with Crippen LogP contribution in [0.5, 0.6) is 0 Å². The van der Waals surface area contributed by atoms with E-state index in [0.717, 1.165) is 17.3 Å². The molecule has 4 aromatic rings. The smallest absolute Gasteiger partial charge is 0.228 e. The number of hydrogen-bond donors (Lipinski definition) is 0. The molecule has 0 unspecified atom stereocenters. The fourth-order valence-corrected chi connectivity index (χ4v) is 4.21. The second-order valence-corrected chi connectivity index (χ2v) is 8.61. The molecule has 9 heteroatoms. The van der Waals surface area contributed by atoms with Crippen LogP contribution in [-0.4, -0.2) is 44.4 Å². The predicted molar refractivity (Wildman–Crippen MR) is 119 cm³/mol. The molecule has 33 heavy (non-hydrogen) atoms. The van der Waals surface area contributed by atoms with Gasteiger partial charge in [-0.15, -0.1) is 0 Å². The van der Waals surface area contributed by atoms with E-state index in [0.29, 0.717) is 48.4 Å². The third-order valence-corrected chi connectivity index (χ3v) is 6.14. The highest BCUT2D eigenvalue weighted by Crippen LogP contribution is 2.36. The van der Waals surface area contributed by atoms with Crippen molar-refractivity contribution in [3.63, 3.8) is 0 Å². The van der Waals surface area contributed by atoms with Crippen molar-refractivity contribution < 1.29 is 13.5 Å². The van der Waals surface area contributed by atoms with Crippen molar-refractivity contribution in [3.8, 4) is 11.3 Å². The minimum Gasteiger partial charge on any atom is -0.370 e. The number of halogens is 2. The second-order valence-electron chi connectivity index (χ2n) is 8.61. The Morgan fingerprint density at radius 2 is 1.94 bits per heavy atom. The van der Waals surface area contributed by atoms with Gasteiger partial charge in [-0.2, -0.15) is 10.1 Å². The molecule has 168 valence electrons. The Labute approximate surface area is 189 Å². The lowest BCUT2D eigenvalue weighted by Crippen LogP contribution is -2.39. The van der Waals surface area contributed by atoms with Crippen molar-refractivity contribution in [1.82, 2.24) is 24.7 Å². The molecular weight excluding hydrogens is 426 g/mol. The zero-order chi connectivity index (χ0) is 22.5. The molecule has 1 aliphatic carbocycles. The maximum Gasteiger partial charge on any atom is 0.228 e. The van der Waals surface area contributed by atoms with Crippen molar-refractivity contribution in [1.29, 1.82) is 0 Å². The number of morpholine rings is 1. The van der Waals surface area contributed by atoms with Crippen LogP contribution in [0.3, 0.4) is 0 Å². The van der Waals surface area contributed by atoms with E-state index >= 15 is 0 Å². The van der Waals surface area contributed by atoms with Crippen LogP contribution in [0.15, 0.2) is 42.7 Å². The van der Waals surface area contributed by atoms with E-state index in [4.69, 9.17) is 14.7 Å². The summed E-state index contributed by atoms with van der Waals surface area (Å²) in [5, 5.41) is 5.09. The number of anilines is 1. The summed E-state index contributed by atoms with van der Waals surface area (Å²) < 4.78 is 36.3. The lowest BCUT2D eigenvalue weighted by atomic mass is 10.1. The summed E-state index contributed by atoms with van der Waals surface area (Å²) >= 11 is 0. The van der Waals surface area contributed by atoms with E-state index in [-0.39, 0.29) is 11.7 Å². The number of aryl methyl sites for hydroxylation is 1. The Kier molecular flexibility index (Phi) is 4.79. The number of fused-ring (bicyclic) bond motifs is 1. The summed E-state index contributed by atoms with van der Waals surface area (Å²) in [6, 6.07) is 7.67. The van der Waals surface area contributed by atoms with Gasteiger partial charge in [0.15, 0.2) is 5.65 Å². The van der Waals surface area contributed by atoms with Crippen LogP contribution >= 0.6 is 0 Å². The fraction of sp³-hybridized carbons (Fsp3) is 0.333. The minimum absolute atomic E-state index is 0.165. The minimum atomic E-state index is -0.672. The first-order chi connectivity index (χ1) is 16.0. The van der Waals surface area contributed by atoms with Crippen molar-refractivity contribution in [3.05, 3.63) is 65.6 Å². The zero-order valence-corrected chi connectivity index (χ0v) is 18.1. The lowest BCUT2D eigenvalue weighted by molar-refractivity contribution is 0.0392. The predicted octanol–water partition coefficient (Wildman–Crippen LogP) is 4.39. The van der Waals surface area contributed by atoms with Crippen LogP contribution in [0.4, 0.5) is 14.7 Å². The average Bonchev–Trinajstić information content (AvgIpc) is 3.54. The number of hydrogen-bond acceptors (Lipinski definition) is 6. The molecule has 0 radical (unpaired) electrons. The molecule has 0 N–H and O–H groups in total. The Morgan fingerprint density at radius 1 is 1.06 bits per heavy atom. The molecule has 0 amide bonds. The molecule has 4 heterocycles. The van der Waals surface area contributed by atoms with Crippen molar-refractivity contribution in [2.45, 2.75) is 31.9 Å². The largest absolute Gasteiger partial charge is 0.370 e. The van der Waals surface area contributed by atoms with Gasteiger partial charge in [-0.25, -0.2) is 18.7 Å². The fourth-order valence-electron chi connectivity index (χ4n) is 4.21. The maximum atomic E-state index is 14.7. The molecule has 1 saturated heterocycles. The van der Waals surface area contributed by atoms with E-state index in [1.807, 2.05) is 34.8 Å². The Balaban J connectivity index is 1.39. The van der Waals surface area contributed by atoms with Crippen LogP contribution in [0.1, 0.15) is 36.2 Å². The molecule has 0 bridgehead atoms. The van der Waals surface area contributed by atoms with E-state index < -0.39 is 11.6 Å². The van der Waals surface area contributed by atoms with Crippen LogP contribution in [0.2, 0.25) is 0 Å². The van der Waals surface area contributed by atoms with Gasteiger partial charge in [0.05, 0.1) is 31.1 Å². The van der Waals surface area contributed by atoms with Gasteiger partial charge in [0.1, 0.15) is 17.7 Å². The van der Waals surface area contributed by atoms with E-state index in [1.54, 1.807) is 0 Å². The quantitative estimate of drug-likeness (QED) is 0.461. The lowest BCUT2D eigenvalue weighted by Gasteiger charge is -2.32. The average molecular weight is 448 g/mol. The van der Waals surface area contributed by atoms with Crippen LogP contribution < -0.4 is 4.90 Å². The Bertz CT molecular complexity index is 1350. The van der Waals surface area contributed by atoms with Gasteiger partial charge in [0.25, 0.3) is 0 Å². The van der Waals surface area contributed by atoms with Crippen LogP contribution in [0, 0.1) is 18.6 Å². The van der Waals surface area contributed by atoms with E-state index in [1.165, 1.54) is 25.0 Å². The first-order valence-corrected chi connectivity index (χ1v) is 11.1. The molecular formula is C24H22F2N6O. The molecule has 2 aliphatic rings. The van der Waals surface area contributed by atoms with Crippen molar-refractivity contribution in [2.24, 2.45) is 0 Å². The monoisotopic (exact) mass is 448 g/mol. The topological polar surface area (TPSA) is 69.0 Å². The number of benzene rings is 1. The van der Waals surface area contributed by atoms with Gasteiger partial charge >= 0.3 is 0 Å². The van der Waals surface area contributed by atoms with Crippen LogP contribution in [0.25, 0.3) is 22.3 Å². The van der Waals surface area contributed by atoms with E-state index in [9.17, 15) is 8.78 Å². The summed E-state index contributed by atoms with van der Waals surface area (Å²) in [7, 11) is 0. The number of rotatable bonds is 4. The highest BCUT2D eigenvalue weighted by Gasteiger charge is 2.29. The molecule has 1 saturated carbocycles. The normalized spacial score (nSPS) is 18.8. The molecule has 3 aromatic heterocycles. The molecule has 2 fully saturated rings. The van der Waals surface area contributed by atoms with Gasteiger partial charge in [-0.05, 0) is 44.0 Å². The molecule has 1 atom stereocenters. The standard InChI is InChI=1S/C24H22F2N6O/c1-14-2-6-19-22(18-7-3-16(25)10-20(18)26)29-24(30-23(19)28-14)31-8-9-33-21(13-31)15-11-27-32(12-15)17-4-5-17/h2-3,6-7,10-12,17,21H,4-5,8-9,13H2,1H3/t21-/m1/s1. The van der Waals surface area contributed by atoms with Crippen molar-refractivity contribution >= 4 is 17.0 Å². The first-order valence-electron chi connectivity index (χ1n) is 11.1. The Morgan fingerprint density at radius 3 is 2.76 bits per heavy atom. The Hall–Kier alpha value is -3.46. The molecule has 1 aliphatic heterocycles. The highest BCUT2D eigenvalue weighted by atomic mass is 19.1. The number of ether oxygens (including phenoxy) is 1. The van der Waals surface area contributed by atoms with E-state index in [2.05, 4.69) is 16.3 Å². The third-order valence-electron chi connectivity index (χ3n) is 6.14. The summed E-state index contributed by atoms with van der Waals surface area (Å²) in [5.41, 5.74) is 2.90. The highest BCUT2D eigenvalue weighted by molar-refractivity contribution is 5.91. The zero-order valence-electron chi connectivity index (χ0n) is 18.1.